The van der Waals surface area contributed by atoms with Crippen LogP contribution in [0.5, 0.6) is 0 Å². The van der Waals surface area contributed by atoms with Crippen LogP contribution >= 0.6 is 0 Å². The number of hydrogen-bond acceptors (Lipinski definition) is 2. The first kappa shape index (κ1) is 13.7. The van der Waals surface area contributed by atoms with E-state index in [1.165, 1.54) is 11.1 Å². The topological polar surface area (TPSA) is 29.6 Å². The van der Waals surface area contributed by atoms with Crippen LogP contribution in [0, 0.1) is 0 Å². The third-order valence-electron chi connectivity index (χ3n) is 5.13. The zero-order valence-electron chi connectivity index (χ0n) is 13.1. The van der Waals surface area contributed by atoms with Gasteiger partial charge in [0.1, 0.15) is 0 Å². The number of fused-ring (bicyclic) bond motifs is 4. The summed E-state index contributed by atoms with van der Waals surface area (Å²) >= 11 is 0. The van der Waals surface area contributed by atoms with Crippen molar-refractivity contribution in [3.63, 3.8) is 0 Å². The first-order valence-electron chi connectivity index (χ1n) is 8.24. The van der Waals surface area contributed by atoms with Crippen LogP contribution in [-0.4, -0.2) is 11.9 Å². The molecular weight excluding hydrogens is 296 g/mol. The van der Waals surface area contributed by atoms with Crippen LogP contribution in [0.1, 0.15) is 32.6 Å². The molecule has 5 rings (SSSR count). The maximum absolute atomic E-state index is 13.0. The van der Waals surface area contributed by atoms with E-state index in [0.29, 0.717) is 5.56 Å². The van der Waals surface area contributed by atoms with Crippen LogP contribution in [0.25, 0.3) is 0 Å². The standard InChI is InChI=1S/C22H16O2/c23-20(15-8-2-1-3-9-15)21-22(24-21)18-12-6-4-10-16(18)14-17-11-5-7-13-19(17)22/h1-13,21H,14H2. The molecule has 0 aromatic heterocycles. The summed E-state index contributed by atoms with van der Waals surface area (Å²) in [5.74, 6) is 0.0575. The minimum absolute atomic E-state index is 0.0575. The lowest BCUT2D eigenvalue weighted by atomic mass is 9.75. The van der Waals surface area contributed by atoms with E-state index in [-0.39, 0.29) is 5.78 Å². The van der Waals surface area contributed by atoms with Crippen molar-refractivity contribution in [2.45, 2.75) is 18.1 Å². The molecule has 1 atom stereocenters. The van der Waals surface area contributed by atoms with Gasteiger partial charge in [-0.25, -0.2) is 0 Å². The summed E-state index contributed by atoms with van der Waals surface area (Å²) < 4.78 is 6.17. The Morgan fingerprint density at radius 3 is 1.96 bits per heavy atom. The summed E-state index contributed by atoms with van der Waals surface area (Å²) in [5.41, 5.74) is 4.87. The molecule has 1 heterocycles. The molecule has 1 spiro atoms. The Kier molecular flexibility index (Phi) is 2.79. The van der Waals surface area contributed by atoms with Gasteiger partial charge in [-0.3, -0.25) is 4.79 Å². The molecular formula is C22H16O2. The summed E-state index contributed by atoms with van der Waals surface area (Å²) in [4.78, 5) is 13.0. The van der Waals surface area contributed by atoms with Crippen LogP contribution < -0.4 is 0 Å². The van der Waals surface area contributed by atoms with E-state index in [4.69, 9.17) is 4.74 Å². The third-order valence-corrected chi connectivity index (χ3v) is 5.13. The maximum atomic E-state index is 13.0. The molecule has 0 radical (unpaired) electrons. The molecule has 0 saturated carbocycles. The number of rotatable bonds is 2. The van der Waals surface area contributed by atoms with E-state index in [2.05, 4.69) is 36.4 Å². The highest BCUT2D eigenvalue weighted by atomic mass is 16.6. The zero-order valence-corrected chi connectivity index (χ0v) is 13.1. The molecule has 116 valence electrons. The van der Waals surface area contributed by atoms with E-state index in [0.717, 1.165) is 17.5 Å². The number of epoxide rings is 1. The lowest BCUT2D eigenvalue weighted by Crippen LogP contribution is -2.26. The van der Waals surface area contributed by atoms with Gasteiger partial charge in [0.15, 0.2) is 17.5 Å². The van der Waals surface area contributed by atoms with Gasteiger partial charge in [0.2, 0.25) is 0 Å². The number of carbonyl (C=O) groups is 1. The van der Waals surface area contributed by atoms with Gasteiger partial charge >= 0.3 is 0 Å². The first-order valence-corrected chi connectivity index (χ1v) is 8.24. The molecule has 3 aromatic rings. The fourth-order valence-corrected chi connectivity index (χ4v) is 3.98. The molecule has 1 saturated heterocycles. The Balaban J connectivity index is 1.66. The quantitative estimate of drug-likeness (QED) is 0.526. The molecule has 1 unspecified atom stereocenters. The van der Waals surface area contributed by atoms with Gasteiger partial charge in [0.05, 0.1) is 0 Å². The van der Waals surface area contributed by atoms with Crippen molar-refractivity contribution in [3.05, 3.63) is 107 Å². The second-order valence-corrected chi connectivity index (χ2v) is 6.45. The first-order chi connectivity index (χ1) is 11.8. The molecule has 1 fully saturated rings. The van der Waals surface area contributed by atoms with Crippen molar-refractivity contribution < 1.29 is 9.53 Å². The largest absolute Gasteiger partial charge is 0.347 e. The number of Topliss-reactive ketones (excluding diaryl/α,β-unsaturated/α-hetero) is 1. The molecule has 2 heteroatoms. The van der Waals surface area contributed by atoms with Gasteiger partial charge in [0.25, 0.3) is 0 Å². The number of ether oxygens (including phenoxy) is 1. The van der Waals surface area contributed by atoms with Crippen LogP contribution in [0.2, 0.25) is 0 Å². The number of benzene rings is 3. The van der Waals surface area contributed by atoms with Crippen molar-refractivity contribution in [2.75, 3.05) is 0 Å². The SMILES string of the molecule is O=C(c1ccccc1)C1OC12c1ccccc1Cc1ccccc12. The third kappa shape index (κ3) is 1.78. The summed E-state index contributed by atoms with van der Waals surface area (Å²) in [5, 5.41) is 0. The van der Waals surface area contributed by atoms with E-state index >= 15 is 0 Å². The van der Waals surface area contributed by atoms with Crippen molar-refractivity contribution in [1.82, 2.24) is 0 Å². The fraction of sp³-hybridized carbons (Fsp3) is 0.136. The lowest BCUT2D eigenvalue weighted by Gasteiger charge is -2.26. The van der Waals surface area contributed by atoms with Gasteiger partial charge in [-0.15, -0.1) is 0 Å². The van der Waals surface area contributed by atoms with Gasteiger partial charge in [-0.2, -0.15) is 0 Å². The van der Waals surface area contributed by atoms with E-state index < -0.39 is 11.7 Å². The average Bonchev–Trinajstić information content (AvgIpc) is 3.38. The van der Waals surface area contributed by atoms with Crippen molar-refractivity contribution in [3.8, 4) is 0 Å². The number of hydrogen-bond donors (Lipinski definition) is 0. The second-order valence-electron chi connectivity index (χ2n) is 6.45. The molecule has 1 aliphatic carbocycles. The molecule has 1 aliphatic heterocycles. The molecule has 0 amide bonds. The summed E-state index contributed by atoms with van der Waals surface area (Å²) in [7, 11) is 0. The predicted octanol–water partition coefficient (Wildman–Crippen LogP) is 4.12. The number of ketones is 1. The summed E-state index contributed by atoms with van der Waals surface area (Å²) in [6, 6.07) is 26.1. The number of carbonyl (C=O) groups excluding carboxylic acids is 1. The second kappa shape index (κ2) is 4.89. The van der Waals surface area contributed by atoms with Crippen LogP contribution in [0.15, 0.2) is 78.9 Å². The normalized spacial score (nSPS) is 19.4. The maximum Gasteiger partial charge on any atom is 0.195 e. The monoisotopic (exact) mass is 312 g/mol. The van der Waals surface area contributed by atoms with Crippen LogP contribution in [0.3, 0.4) is 0 Å². The molecule has 3 aromatic carbocycles. The smallest absolute Gasteiger partial charge is 0.195 e. The average molecular weight is 312 g/mol. The van der Waals surface area contributed by atoms with E-state index in [1.807, 2.05) is 42.5 Å². The summed E-state index contributed by atoms with van der Waals surface area (Å²) in [6.07, 6.45) is 0.450. The van der Waals surface area contributed by atoms with Gasteiger partial charge < -0.3 is 4.74 Å². The Hall–Kier alpha value is -2.71. The zero-order chi connectivity index (χ0) is 16.1. The van der Waals surface area contributed by atoms with Gasteiger partial charge in [0, 0.05) is 5.56 Å². The molecule has 2 nitrogen and oxygen atoms in total. The van der Waals surface area contributed by atoms with Gasteiger partial charge in [-0.05, 0) is 28.7 Å². The van der Waals surface area contributed by atoms with Crippen molar-refractivity contribution in [1.29, 1.82) is 0 Å². The van der Waals surface area contributed by atoms with Crippen LogP contribution in [-0.2, 0) is 16.8 Å². The highest BCUT2D eigenvalue weighted by molar-refractivity contribution is 6.03. The van der Waals surface area contributed by atoms with E-state index in [9.17, 15) is 4.79 Å². The minimum Gasteiger partial charge on any atom is -0.347 e. The Bertz CT molecular complexity index is 897. The lowest BCUT2D eigenvalue weighted by molar-refractivity contribution is 0.0953. The predicted molar refractivity (Wildman–Crippen MR) is 92.1 cm³/mol. The van der Waals surface area contributed by atoms with Crippen molar-refractivity contribution >= 4 is 5.78 Å². The van der Waals surface area contributed by atoms with Crippen LogP contribution in [0.4, 0.5) is 0 Å². The Morgan fingerprint density at radius 2 is 1.33 bits per heavy atom. The summed E-state index contributed by atoms with van der Waals surface area (Å²) in [6.45, 7) is 0. The molecule has 0 N–H and O–H groups in total. The highest BCUT2D eigenvalue weighted by Crippen LogP contribution is 2.57. The Morgan fingerprint density at radius 1 is 0.792 bits per heavy atom. The molecule has 2 aliphatic rings. The van der Waals surface area contributed by atoms with Gasteiger partial charge in [-0.1, -0.05) is 78.9 Å². The Labute approximate surface area is 140 Å². The van der Waals surface area contributed by atoms with E-state index in [1.54, 1.807) is 0 Å². The molecule has 24 heavy (non-hydrogen) atoms. The van der Waals surface area contributed by atoms with Crippen molar-refractivity contribution in [2.24, 2.45) is 0 Å². The highest BCUT2D eigenvalue weighted by Gasteiger charge is 2.65. The molecule has 0 bridgehead atoms. The fourth-order valence-electron chi connectivity index (χ4n) is 3.98. The minimum atomic E-state index is -0.613.